The molecule has 0 aliphatic carbocycles. The van der Waals surface area contributed by atoms with Gasteiger partial charge in [0.1, 0.15) is 11.4 Å². The van der Waals surface area contributed by atoms with Gasteiger partial charge in [-0.3, -0.25) is 4.72 Å². The number of unbranched alkanes of at least 4 members (excludes halogenated alkanes) is 1. The number of hydrogen-bond acceptors (Lipinski definition) is 4. The number of anilines is 1. The Kier molecular flexibility index (Phi) is 5.95. The van der Waals surface area contributed by atoms with Crippen LogP contribution in [0.3, 0.4) is 0 Å². The van der Waals surface area contributed by atoms with Crippen LogP contribution in [-0.4, -0.2) is 24.4 Å². The number of rotatable bonds is 8. The van der Waals surface area contributed by atoms with Crippen molar-refractivity contribution in [3.8, 4) is 17.0 Å². The highest BCUT2D eigenvalue weighted by molar-refractivity contribution is 7.92. The number of aromatic nitrogens is 2. The van der Waals surface area contributed by atoms with Crippen LogP contribution in [0.15, 0.2) is 78.0 Å². The predicted molar refractivity (Wildman–Crippen MR) is 123 cm³/mol. The maximum atomic E-state index is 12.7. The second kappa shape index (κ2) is 8.81. The second-order valence-corrected chi connectivity index (χ2v) is 9.09. The first-order valence-electron chi connectivity index (χ1n) is 10.3. The van der Waals surface area contributed by atoms with Crippen LogP contribution >= 0.6 is 0 Å². The minimum absolute atomic E-state index is 0.190. The van der Waals surface area contributed by atoms with Crippen LogP contribution in [-0.2, 0) is 10.0 Å². The molecule has 7 heteroatoms. The normalized spacial score (nSPS) is 11.5. The zero-order valence-electron chi connectivity index (χ0n) is 17.6. The standard InChI is InChI=1S/C24H25N3O3S/c1-3-4-16-30-21-11-13-22(14-12-21)31(28,29)26-20-9-7-19(8-10-20)23-17-27-15-5-6-18(2)24(27)25-23/h5-15,17,26H,3-4,16H2,1-2H3. The topological polar surface area (TPSA) is 72.7 Å². The van der Waals surface area contributed by atoms with Gasteiger partial charge in [-0.1, -0.05) is 31.5 Å². The molecule has 0 radical (unpaired) electrons. The number of sulfonamides is 1. The fourth-order valence-electron chi connectivity index (χ4n) is 3.27. The van der Waals surface area contributed by atoms with Crippen molar-refractivity contribution in [3.63, 3.8) is 0 Å². The summed E-state index contributed by atoms with van der Waals surface area (Å²) in [5.41, 5.74) is 4.25. The van der Waals surface area contributed by atoms with Crippen LogP contribution in [0, 0.1) is 6.92 Å². The Morgan fingerprint density at radius 3 is 2.45 bits per heavy atom. The minimum atomic E-state index is -3.68. The van der Waals surface area contributed by atoms with Crippen LogP contribution < -0.4 is 9.46 Å². The van der Waals surface area contributed by atoms with Crippen molar-refractivity contribution in [1.29, 1.82) is 0 Å². The number of fused-ring (bicyclic) bond motifs is 1. The summed E-state index contributed by atoms with van der Waals surface area (Å²) in [6.07, 6.45) is 5.94. The van der Waals surface area contributed by atoms with E-state index in [0.29, 0.717) is 18.0 Å². The first kappa shape index (κ1) is 20.9. The Morgan fingerprint density at radius 1 is 1.03 bits per heavy atom. The Balaban J connectivity index is 1.48. The third-order valence-electron chi connectivity index (χ3n) is 5.01. The predicted octanol–water partition coefficient (Wildman–Crippen LogP) is 5.29. The Bertz CT molecular complexity index is 1280. The van der Waals surface area contributed by atoms with Crippen LogP contribution in [0.4, 0.5) is 5.69 Å². The van der Waals surface area contributed by atoms with Gasteiger partial charge in [-0.05, 0) is 61.4 Å². The summed E-state index contributed by atoms with van der Waals surface area (Å²) in [7, 11) is -3.68. The molecule has 160 valence electrons. The summed E-state index contributed by atoms with van der Waals surface area (Å²) < 4.78 is 35.6. The molecule has 0 aliphatic heterocycles. The Hall–Kier alpha value is -3.32. The number of hydrogen-bond donors (Lipinski definition) is 1. The highest BCUT2D eigenvalue weighted by Gasteiger charge is 2.15. The molecule has 2 aromatic heterocycles. The van der Waals surface area contributed by atoms with Crippen molar-refractivity contribution in [2.75, 3.05) is 11.3 Å². The summed E-state index contributed by atoms with van der Waals surface area (Å²) in [6.45, 7) is 4.74. The zero-order chi connectivity index (χ0) is 21.8. The molecule has 0 saturated heterocycles. The Morgan fingerprint density at radius 2 is 1.77 bits per heavy atom. The monoisotopic (exact) mass is 435 g/mol. The highest BCUT2D eigenvalue weighted by Crippen LogP contribution is 2.24. The SMILES string of the molecule is CCCCOc1ccc(S(=O)(=O)Nc2ccc(-c3cn4cccc(C)c4n3)cc2)cc1. The average molecular weight is 436 g/mol. The molecule has 0 bridgehead atoms. The van der Waals surface area contributed by atoms with Crippen LogP contribution in [0.25, 0.3) is 16.9 Å². The fraction of sp³-hybridized carbons (Fsp3) is 0.208. The van der Waals surface area contributed by atoms with Gasteiger partial charge in [-0.2, -0.15) is 0 Å². The van der Waals surface area contributed by atoms with Crippen LogP contribution in [0.1, 0.15) is 25.3 Å². The molecular formula is C24H25N3O3S. The molecule has 4 aromatic rings. The van der Waals surface area contributed by atoms with E-state index in [1.54, 1.807) is 36.4 Å². The van der Waals surface area contributed by atoms with Crippen molar-refractivity contribution < 1.29 is 13.2 Å². The van der Waals surface area contributed by atoms with E-state index in [9.17, 15) is 8.42 Å². The van der Waals surface area contributed by atoms with Crippen molar-refractivity contribution in [3.05, 3.63) is 78.6 Å². The maximum absolute atomic E-state index is 12.7. The molecule has 6 nitrogen and oxygen atoms in total. The highest BCUT2D eigenvalue weighted by atomic mass is 32.2. The first-order valence-corrected chi connectivity index (χ1v) is 11.7. The van der Waals surface area contributed by atoms with Gasteiger partial charge < -0.3 is 9.14 Å². The molecule has 4 rings (SSSR count). The van der Waals surface area contributed by atoms with Crippen molar-refractivity contribution in [2.45, 2.75) is 31.6 Å². The van der Waals surface area contributed by atoms with E-state index in [0.717, 1.165) is 35.3 Å². The largest absolute Gasteiger partial charge is 0.494 e. The summed E-state index contributed by atoms with van der Waals surface area (Å²) >= 11 is 0. The lowest BCUT2D eigenvalue weighted by molar-refractivity contribution is 0.309. The molecule has 2 heterocycles. The zero-order valence-corrected chi connectivity index (χ0v) is 18.4. The number of aryl methyl sites for hydroxylation is 1. The third-order valence-corrected chi connectivity index (χ3v) is 6.41. The summed E-state index contributed by atoms with van der Waals surface area (Å²) in [5, 5.41) is 0. The van der Waals surface area contributed by atoms with Gasteiger partial charge in [0, 0.05) is 23.6 Å². The lowest BCUT2D eigenvalue weighted by atomic mass is 10.1. The number of ether oxygens (including phenoxy) is 1. The van der Waals surface area contributed by atoms with Crippen molar-refractivity contribution in [1.82, 2.24) is 9.38 Å². The molecule has 31 heavy (non-hydrogen) atoms. The molecule has 2 aromatic carbocycles. The first-order chi connectivity index (χ1) is 15.0. The van der Waals surface area contributed by atoms with E-state index in [1.165, 1.54) is 0 Å². The fourth-order valence-corrected chi connectivity index (χ4v) is 4.32. The van der Waals surface area contributed by atoms with Gasteiger partial charge in [0.15, 0.2) is 0 Å². The van der Waals surface area contributed by atoms with Crippen LogP contribution in [0.5, 0.6) is 5.75 Å². The molecule has 0 spiro atoms. The van der Waals surface area contributed by atoms with Crippen molar-refractivity contribution in [2.24, 2.45) is 0 Å². The molecule has 0 fully saturated rings. The van der Waals surface area contributed by atoms with Gasteiger partial charge in [0.25, 0.3) is 10.0 Å². The van der Waals surface area contributed by atoms with Gasteiger partial charge in [-0.25, -0.2) is 13.4 Å². The molecule has 0 atom stereocenters. The van der Waals surface area contributed by atoms with E-state index in [2.05, 4.69) is 16.6 Å². The smallest absolute Gasteiger partial charge is 0.261 e. The molecule has 1 N–H and O–H groups in total. The van der Waals surface area contributed by atoms with Crippen molar-refractivity contribution >= 4 is 21.4 Å². The second-order valence-electron chi connectivity index (χ2n) is 7.40. The van der Waals surface area contributed by atoms with E-state index in [1.807, 2.05) is 48.0 Å². The number of benzene rings is 2. The Labute approximate surface area is 182 Å². The molecule has 0 amide bonds. The lowest BCUT2D eigenvalue weighted by Gasteiger charge is -2.10. The molecular weight excluding hydrogens is 410 g/mol. The summed E-state index contributed by atoms with van der Waals surface area (Å²) in [4.78, 5) is 4.87. The number of nitrogens with one attached hydrogen (secondary N) is 1. The molecule has 0 unspecified atom stereocenters. The van der Waals surface area contributed by atoms with E-state index in [4.69, 9.17) is 4.74 Å². The molecule has 0 aliphatic rings. The van der Waals surface area contributed by atoms with Gasteiger partial charge >= 0.3 is 0 Å². The quantitative estimate of drug-likeness (QED) is 0.382. The van der Waals surface area contributed by atoms with E-state index in [-0.39, 0.29) is 4.90 Å². The maximum Gasteiger partial charge on any atom is 0.261 e. The molecule has 0 saturated carbocycles. The van der Waals surface area contributed by atoms with Gasteiger partial charge in [0.2, 0.25) is 0 Å². The summed E-state index contributed by atoms with van der Waals surface area (Å²) in [6, 6.07) is 17.7. The van der Waals surface area contributed by atoms with E-state index >= 15 is 0 Å². The van der Waals surface area contributed by atoms with Gasteiger partial charge in [0.05, 0.1) is 17.2 Å². The van der Waals surface area contributed by atoms with E-state index < -0.39 is 10.0 Å². The number of pyridine rings is 1. The lowest BCUT2D eigenvalue weighted by Crippen LogP contribution is -2.12. The number of imidazole rings is 1. The van der Waals surface area contributed by atoms with Crippen LogP contribution in [0.2, 0.25) is 0 Å². The summed E-state index contributed by atoms with van der Waals surface area (Å²) in [5.74, 6) is 0.666. The minimum Gasteiger partial charge on any atom is -0.494 e. The third kappa shape index (κ3) is 4.72. The van der Waals surface area contributed by atoms with Gasteiger partial charge in [-0.15, -0.1) is 0 Å². The average Bonchev–Trinajstić information content (AvgIpc) is 3.20. The number of nitrogens with zero attached hydrogens (tertiary/aromatic N) is 2.